The molecule has 1 atom stereocenters. The van der Waals surface area contributed by atoms with Gasteiger partial charge in [-0.05, 0) is 6.92 Å². The first-order valence-electron chi connectivity index (χ1n) is 4.78. The van der Waals surface area contributed by atoms with E-state index in [-0.39, 0.29) is 18.1 Å². The van der Waals surface area contributed by atoms with Gasteiger partial charge in [0.1, 0.15) is 0 Å². The second-order valence-corrected chi connectivity index (χ2v) is 3.08. The molecule has 0 saturated carbocycles. The lowest BCUT2D eigenvalue weighted by molar-refractivity contribution is -0.148. The van der Waals surface area contributed by atoms with E-state index in [0.29, 0.717) is 19.6 Å². The van der Waals surface area contributed by atoms with Crippen LogP contribution in [0.2, 0.25) is 0 Å². The van der Waals surface area contributed by atoms with Crippen LogP contribution >= 0.6 is 0 Å². The van der Waals surface area contributed by atoms with Crippen molar-refractivity contribution in [3.05, 3.63) is 12.2 Å². The SMILES string of the molecule is C=C(COC1CCOC1=O)C(=O)OCC. The van der Waals surface area contributed by atoms with E-state index in [4.69, 9.17) is 14.2 Å². The fraction of sp³-hybridized carbons (Fsp3) is 0.600. The Kier molecular flexibility index (Phi) is 4.30. The molecule has 0 aromatic rings. The van der Waals surface area contributed by atoms with Gasteiger partial charge in [0.2, 0.25) is 0 Å². The number of rotatable bonds is 5. The number of carbonyl (C=O) groups is 2. The Balaban J connectivity index is 2.27. The lowest BCUT2D eigenvalue weighted by atomic mass is 10.3. The standard InChI is InChI=1S/C10H14O5/c1-3-13-9(11)7(2)6-15-8-4-5-14-10(8)12/h8H,2-6H2,1H3. The van der Waals surface area contributed by atoms with Crippen LogP contribution in [0.5, 0.6) is 0 Å². The second-order valence-electron chi connectivity index (χ2n) is 3.08. The van der Waals surface area contributed by atoms with Crippen LogP contribution in [0.3, 0.4) is 0 Å². The molecule has 1 saturated heterocycles. The van der Waals surface area contributed by atoms with E-state index in [9.17, 15) is 9.59 Å². The van der Waals surface area contributed by atoms with Crippen LogP contribution in [0.1, 0.15) is 13.3 Å². The molecule has 5 nitrogen and oxygen atoms in total. The molecular formula is C10H14O5. The molecule has 15 heavy (non-hydrogen) atoms. The van der Waals surface area contributed by atoms with Gasteiger partial charge in [0.05, 0.1) is 25.4 Å². The van der Waals surface area contributed by atoms with Crippen LogP contribution in [-0.4, -0.2) is 37.9 Å². The summed E-state index contributed by atoms with van der Waals surface area (Å²) in [5.41, 5.74) is 0.205. The Morgan fingerprint density at radius 1 is 1.67 bits per heavy atom. The molecule has 1 aliphatic heterocycles. The Labute approximate surface area is 88.0 Å². The number of hydrogen-bond acceptors (Lipinski definition) is 5. The maximum absolute atomic E-state index is 11.1. The van der Waals surface area contributed by atoms with Gasteiger partial charge in [-0.15, -0.1) is 0 Å². The lowest BCUT2D eigenvalue weighted by Gasteiger charge is -2.09. The molecule has 5 heteroatoms. The summed E-state index contributed by atoms with van der Waals surface area (Å²) < 4.78 is 14.6. The summed E-state index contributed by atoms with van der Waals surface area (Å²) in [7, 11) is 0. The Bertz CT molecular complexity index is 271. The molecule has 0 amide bonds. The van der Waals surface area contributed by atoms with E-state index in [1.54, 1.807) is 6.92 Å². The Hall–Kier alpha value is -1.36. The predicted molar refractivity (Wildman–Crippen MR) is 51.1 cm³/mol. The van der Waals surface area contributed by atoms with E-state index in [1.165, 1.54) is 0 Å². The third-order valence-corrected chi connectivity index (χ3v) is 1.91. The third kappa shape index (κ3) is 3.36. The maximum Gasteiger partial charge on any atom is 0.335 e. The number of hydrogen-bond donors (Lipinski definition) is 0. The van der Waals surface area contributed by atoms with Crippen molar-refractivity contribution < 1.29 is 23.8 Å². The summed E-state index contributed by atoms with van der Waals surface area (Å²) in [5, 5.41) is 0. The Morgan fingerprint density at radius 3 is 2.93 bits per heavy atom. The molecule has 1 unspecified atom stereocenters. The molecule has 0 aromatic heterocycles. The quantitative estimate of drug-likeness (QED) is 0.491. The topological polar surface area (TPSA) is 61.8 Å². The maximum atomic E-state index is 11.1. The molecular weight excluding hydrogens is 200 g/mol. The number of ether oxygens (including phenoxy) is 3. The zero-order chi connectivity index (χ0) is 11.3. The summed E-state index contributed by atoms with van der Waals surface area (Å²) in [6.07, 6.45) is -0.0502. The van der Waals surface area contributed by atoms with E-state index < -0.39 is 12.1 Å². The summed E-state index contributed by atoms with van der Waals surface area (Å²) in [5.74, 6) is -0.879. The molecule has 1 heterocycles. The minimum absolute atomic E-state index is 0.00139. The van der Waals surface area contributed by atoms with Crippen molar-refractivity contribution in [1.29, 1.82) is 0 Å². The fourth-order valence-electron chi connectivity index (χ4n) is 1.12. The molecule has 1 aliphatic rings. The first-order valence-corrected chi connectivity index (χ1v) is 4.78. The van der Waals surface area contributed by atoms with Crippen molar-refractivity contribution in [2.24, 2.45) is 0 Å². The normalized spacial score (nSPS) is 19.8. The van der Waals surface area contributed by atoms with Gasteiger partial charge < -0.3 is 14.2 Å². The molecule has 0 spiro atoms. The van der Waals surface area contributed by atoms with Gasteiger partial charge in [-0.3, -0.25) is 0 Å². The first kappa shape index (κ1) is 11.7. The number of esters is 2. The van der Waals surface area contributed by atoms with Crippen LogP contribution in [0.25, 0.3) is 0 Å². The second kappa shape index (κ2) is 5.50. The van der Waals surface area contributed by atoms with Crippen LogP contribution in [0.15, 0.2) is 12.2 Å². The molecule has 1 rings (SSSR count). The van der Waals surface area contributed by atoms with Crippen molar-refractivity contribution in [2.45, 2.75) is 19.4 Å². The fourth-order valence-corrected chi connectivity index (χ4v) is 1.12. The Morgan fingerprint density at radius 2 is 2.40 bits per heavy atom. The van der Waals surface area contributed by atoms with Crippen molar-refractivity contribution in [3.8, 4) is 0 Å². The predicted octanol–water partition coefficient (Wildman–Crippen LogP) is 0.438. The first-order chi connectivity index (χ1) is 7.15. The number of carbonyl (C=O) groups excluding carboxylic acids is 2. The summed E-state index contributed by atoms with van der Waals surface area (Å²) in [6, 6.07) is 0. The summed E-state index contributed by atoms with van der Waals surface area (Å²) >= 11 is 0. The molecule has 1 fully saturated rings. The monoisotopic (exact) mass is 214 g/mol. The number of cyclic esters (lactones) is 1. The minimum Gasteiger partial charge on any atom is -0.464 e. The van der Waals surface area contributed by atoms with Gasteiger partial charge in [0, 0.05) is 6.42 Å². The van der Waals surface area contributed by atoms with E-state index >= 15 is 0 Å². The van der Waals surface area contributed by atoms with Crippen LogP contribution in [0, 0.1) is 0 Å². The van der Waals surface area contributed by atoms with Crippen molar-refractivity contribution in [1.82, 2.24) is 0 Å². The van der Waals surface area contributed by atoms with Gasteiger partial charge in [-0.25, -0.2) is 9.59 Å². The van der Waals surface area contributed by atoms with Gasteiger partial charge >= 0.3 is 11.9 Å². The van der Waals surface area contributed by atoms with Crippen molar-refractivity contribution in [2.75, 3.05) is 19.8 Å². The molecule has 0 aromatic carbocycles. The van der Waals surface area contributed by atoms with Gasteiger partial charge in [-0.1, -0.05) is 6.58 Å². The highest BCUT2D eigenvalue weighted by Gasteiger charge is 2.27. The zero-order valence-corrected chi connectivity index (χ0v) is 8.65. The third-order valence-electron chi connectivity index (χ3n) is 1.91. The molecule has 0 N–H and O–H groups in total. The average molecular weight is 214 g/mol. The summed E-state index contributed by atoms with van der Waals surface area (Å²) in [4.78, 5) is 22.1. The van der Waals surface area contributed by atoms with Gasteiger partial charge in [-0.2, -0.15) is 0 Å². The lowest BCUT2D eigenvalue weighted by Crippen LogP contribution is -2.21. The van der Waals surface area contributed by atoms with Gasteiger partial charge in [0.25, 0.3) is 0 Å². The smallest absolute Gasteiger partial charge is 0.335 e. The highest BCUT2D eigenvalue weighted by molar-refractivity contribution is 5.88. The van der Waals surface area contributed by atoms with Crippen LogP contribution in [-0.2, 0) is 23.8 Å². The molecule has 0 aliphatic carbocycles. The largest absolute Gasteiger partial charge is 0.464 e. The molecule has 84 valence electrons. The highest BCUT2D eigenvalue weighted by Crippen LogP contribution is 2.11. The van der Waals surface area contributed by atoms with Crippen LogP contribution < -0.4 is 0 Å². The minimum atomic E-state index is -0.573. The van der Waals surface area contributed by atoms with E-state index in [1.807, 2.05) is 0 Å². The van der Waals surface area contributed by atoms with Crippen LogP contribution in [0.4, 0.5) is 0 Å². The van der Waals surface area contributed by atoms with E-state index in [0.717, 1.165) is 0 Å². The van der Waals surface area contributed by atoms with Crippen molar-refractivity contribution in [3.63, 3.8) is 0 Å². The average Bonchev–Trinajstić information content (AvgIpc) is 2.61. The van der Waals surface area contributed by atoms with Gasteiger partial charge in [0.15, 0.2) is 6.10 Å². The van der Waals surface area contributed by atoms with Crippen molar-refractivity contribution >= 4 is 11.9 Å². The van der Waals surface area contributed by atoms with E-state index in [2.05, 4.69) is 6.58 Å². The highest BCUT2D eigenvalue weighted by atomic mass is 16.6. The zero-order valence-electron chi connectivity index (χ0n) is 8.65. The summed E-state index contributed by atoms with van der Waals surface area (Å²) in [6.45, 7) is 5.88. The molecule has 0 radical (unpaired) electrons. The molecule has 0 bridgehead atoms.